The summed E-state index contributed by atoms with van der Waals surface area (Å²) in [6.07, 6.45) is 0. The van der Waals surface area contributed by atoms with Crippen molar-refractivity contribution in [2.24, 2.45) is 7.05 Å². The van der Waals surface area contributed by atoms with Crippen LogP contribution in [0.5, 0.6) is 0 Å². The van der Waals surface area contributed by atoms with Crippen molar-refractivity contribution in [2.75, 3.05) is 6.61 Å². The number of halogens is 1. The van der Waals surface area contributed by atoms with Gasteiger partial charge < -0.3 is 9.30 Å². The SMILES string of the molecule is CCOC(=O)C(=O)c1c(Br)nc(C)n1C. The van der Waals surface area contributed by atoms with Crippen LogP contribution in [0, 0.1) is 6.92 Å². The van der Waals surface area contributed by atoms with E-state index in [0.29, 0.717) is 10.4 Å². The van der Waals surface area contributed by atoms with Gasteiger partial charge in [0.05, 0.1) is 6.61 Å². The molecule has 0 aromatic carbocycles. The van der Waals surface area contributed by atoms with Gasteiger partial charge in [-0.05, 0) is 29.8 Å². The average Bonchev–Trinajstić information content (AvgIpc) is 2.41. The normalized spacial score (nSPS) is 10.1. The van der Waals surface area contributed by atoms with Crippen LogP contribution >= 0.6 is 15.9 Å². The van der Waals surface area contributed by atoms with Crippen LogP contribution < -0.4 is 0 Å². The Bertz CT molecular complexity index is 412. The average molecular weight is 275 g/mol. The highest BCUT2D eigenvalue weighted by Gasteiger charge is 2.25. The van der Waals surface area contributed by atoms with Gasteiger partial charge in [0.1, 0.15) is 16.1 Å². The molecule has 82 valence electrons. The molecule has 0 aliphatic rings. The van der Waals surface area contributed by atoms with Crippen molar-refractivity contribution in [3.05, 3.63) is 16.1 Å². The lowest BCUT2D eigenvalue weighted by molar-refractivity contribution is -0.137. The monoisotopic (exact) mass is 274 g/mol. The summed E-state index contributed by atoms with van der Waals surface area (Å²) < 4.78 is 6.53. The third-order valence-electron chi connectivity index (χ3n) is 1.95. The zero-order valence-electron chi connectivity index (χ0n) is 8.70. The number of hydrogen-bond donors (Lipinski definition) is 0. The Balaban J connectivity index is 3.06. The molecule has 0 fully saturated rings. The number of nitrogens with zero attached hydrogens (tertiary/aromatic N) is 2. The van der Waals surface area contributed by atoms with Crippen LogP contribution in [0.25, 0.3) is 0 Å². The van der Waals surface area contributed by atoms with Crippen LogP contribution in [0.1, 0.15) is 23.2 Å². The number of imidazole rings is 1. The van der Waals surface area contributed by atoms with Crippen LogP contribution in [0.3, 0.4) is 0 Å². The third-order valence-corrected chi connectivity index (χ3v) is 2.50. The molecule has 0 N–H and O–H groups in total. The summed E-state index contributed by atoms with van der Waals surface area (Å²) in [7, 11) is 1.67. The number of ketones is 1. The van der Waals surface area contributed by atoms with E-state index in [9.17, 15) is 9.59 Å². The number of carbonyl (C=O) groups excluding carboxylic acids is 2. The summed E-state index contributed by atoms with van der Waals surface area (Å²) in [5.41, 5.74) is 0.214. The molecular weight excluding hydrogens is 264 g/mol. The van der Waals surface area contributed by atoms with Gasteiger partial charge in [0.2, 0.25) is 0 Å². The molecule has 1 aromatic heterocycles. The molecule has 1 aromatic rings. The molecule has 0 amide bonds. The van der Waals surface area contributed by atoms with E-state index in [4.69, 9.17) is 0 Å². The molecule has 6 heteroatoms. The predicted octanol–water partition coefficient (Wildman–Crippen LogP) is 1.24. The first-order valence-electron chi connectivity index (χ1n) is 4.39. The summed E-state index contributed by atoms with van der Waals surface area (Å²) in [5, 5.41) is 0. The van der Waals surface area contributed by atoms with Gasteiger partial charge in [0.15, 0.2) is 0 Å². The molecule has 0 atom stereocenters. The van der Waals surface area contributed by atoms with Crippen LogP contribution in [-0.4, -0.2) is 27.9 Å². The maximum atomic E-state index is 11.6. The van der Waals surface area contributed by atoms with Gasteiger partial charge in [-0.2, -0.15) is 0 Å². The Labute approximate surface area is 95.6 Å². The molecule has 0 aliphatic carbocycles. The molecule has 0 spiro atoms. The number of ether oxygens (including phenoxy) is 1. The molecule has 1 heterocycles. The van der Waals surface area contributed by atoms with E-state index in [1.54, 1.807) is 25.5 Å². The predicted molar refractivity (Wildman–Crippen MR) is 56.6 cm³/mol. The van der Waals surface area contributed by atoms with E-state index >= 15 is 0 Å². The number of aryl methyl sites for hydroxylation is 1. The summed E-state index contributed by atoms with van der Waals surface area (Å²) in [4.78, 5) is 26.9. The van der Waals surface area contributed by atoms with E-state index in [1.807, 2.05) is 0 Å². The highest BCUT2D eigenvalue weighted by atomic mass is 79.9. The fourth-order valence-electron chi connectivity index (χ4n) is 1.11. The third kappa shape index (κ3) is 2.26. The molecule has 5 nitrogen and oxygen atoms in total. The van der Waals surface area contributed by atoms with Crippen molar-refractivity contribution in [1.82, 2.24) is 9.55 Å². The molecule has 15 heavy (non-hydrogen) atoms. The number of aromatic nitrogens is 2. The maximum absolute atomic E-state index is 11.6. The first-order valence-corrected chi connectivity index (χ1v) is 5.18. The van der Waals surface area contributed by atoms with Gasteiger partial charge in [0.25, 0.3) is 5.78 Å². The van der Waals surface area contributed by atoms with Gasteiger partial charge in [-0.1, -0.05) is 0 Å². The zero-order chi connectivity index (χ0) is 11.6. The minimum absolute atomic E-state index is 0.180. The van der Waals surface area contributed by atoms with E-state index < -0.39 is 11.8 Å². The smallest absolute Gasteiger partial charge is 0.381 e. The topological polar surface area (TPSA) is 61.2 Å². The second-order valence-corrected chi connectivity index (χ2v) is 3.66. The van der Waals surface area contributed by atoms with Gasteiger partial charge >= 0.3 is 5.97 Å². The lowest BCUT2D eigenvalue weighted by Crippen LogP contribution is -2.20. The molecule has 0 aliphatic heterocycles. The van der Waals surface area contributed by atoms with Crippen molar-refractivity contribution >= 4 is 27.7 Å². The largest absolute Gasteiger partial charge is 0.460 e. The molecule has 0 unspecified atom stereocenters. The Morgan fingerprint density at radius 1 is 1.53 bits per heavy atom. The van der Waals surface area contributed by atoms with Gasteiger partial charge in [-0.15, -0.1) is 0 Å². The fraction of sp³-hybridized carbons (Fsp3) is 0.444. The highest BCUT2D eigenvalue weighted by Crippen LogP contribution is 2.17. The Morgan fingerprint density at radius 2 is 2.13 bits per heavy atom. The van der Waals surface area contributed by atoms with E-state index in [1.165, 1.54) is 0 Å². The highest BCUT2D eigenvalue weighted by molar-refractivity contribution is 9.10. The molecular formula is C9H11BrN2O3. The lowest BCUT2D eigenvalue weighted by Gasteiger charge is -2.02. The molecule has 0 bridgehead atoms. The molecule has 0 radical (unpaired) electrons. The number of rotatable bonds is 3. The van der Waals surface area contributed by atoms with E-state index in [2.05, 4.69) is 25.7 Å². The second kappa shape index (κ2) is 4.57. The quantitative estimate of drug-likeness (QED) is 0.473. The minimum Gasteiger partial charge on any atom is -0.460 e. The number of Topliss-reactive ketones (excluding diaryl/α,β-unsaturated/α-hetero) is 1. The maximum Gasteiger partial charge on any atom is 0.381 e. The van der Waals surface area contributed by atoms with Crippen LogP contribution in [0.4, 0.5) is 0 Å². The van der Waals surface area contributed by atoms with Gasteiger partial charge in [-0.3, -0.25) is 4.79 Å². The Morgan fingerprint density at radius 3 is 2.53 bits per heavy atom. The van der Waals surface area contributed by atoms with Crippen molar-refractivity contribution in [2.45, 2.75) is 13.8 Å². The van der Waals surface area contributed by atoms with Crippen LogP contribution in [-0.2, 0) is 16.6 Å². The Hall–Kier alpha value is -1.17. The minimum atomic E-state index is -0.860. The van der Waals surface area contributed by atoms with Crippen molar-refractivity contribution in [3.63, 3.8) is 0 Å². The van der Waals surface area contributed by atoms with Crippen molar-refractivity contribution in [1.29, 1.82) is 0 Å². The summed E-state index contributed by atoms with van der Waals surface area (Å²) in [5.74, 6) is -0.900. The van der Waals surface area contributed by atoms with Crippen molar-refractivity contribution in [3.8, 4) is 0 Å². The Kier molecular flexibility index (Phi) is 3.62. The standard InChI is InChI=1S/C9H11BrN2O3/c1-4-15-9(14)7(13)6-8(10)11-5(2)12(6)3/h4H2,1-3H3. The lowest BCUT2D eigenvalue weighted by atomic mass is 10.3. The van der Waals surface area contributed by atoms with Crippen LogP contribution in [0.15, 0.2) is 4.60 Å². The summed E-state index contributed by atoms with van der Waals surface area (Å²) >= 11 is 3.13. The van der Waals surface area contributed by atoms with E-state index in [0.717, 1.165) is 0 Å². The van der Waals surface area contributed by atoms with Gasteiger partial charge in [-0.25, -0.2) is 9.78 Å². The zero-order valence-corrected chi connectivity index (χ0v) is 10.3. The van der Waals surface area contributed by atoms with Gasteiger partial charge in [0, 0.05) is 7.05 Å². The molecule has 0 saturated heterocycles. The molecule has 0 saturated carbocycles. The summed E-state index contributed by atoms with van der Waals surface area (Å²) in [6.45, 7) is 3.57. The number of esters is 1. The van der Waals surface area contributed by atoms with Crippen LogP contribution in [0.2, 0.25) is 0 Å². The van der Waals surface area contributed by atoms with Crippen molar-refractivity contribution < 1.29 is 14.3 Å². The first-order chi connectivity index (χ1) is 6.99. The molecule has 1 rings (SSSR count). The number of carbonyl (C=O) groups is 2. The second-order valence-electron chi connectivity index (χ2n) is 2.91. The van der Waals surface area contributed by atoms with E-state index in [-0.39, 0.29) is 12.3 Å². The first kappa shape index (κ1) is 11.9. The summed E-state index contributed by atoms with van der Waals surface area (Å²) in [6, 6.07) is 0. The fourth-order valence-corrected chi connectivity index (χ4v) is 1.81. The number of hydrogen-bond acceptors (Lipinski definition) is 4.